The molecule has 0 amide bonds. The summed E-state index contributed by atoms with van der Waals surface area (Å²) in [5.74, 6) is 0.812. The summed E-state index contributed by atoms with van der Waals surface area (Å²) in [6.07, 6.45) is 1.79. The molecular formula is C18H17N3. The highest BCUT2D eigenvalue weighted by molar-refractivity contribution is 5.75. The van der Waals surface area contributed by atoms with Crippen molar-refractivity contribution in [3.05, 3.63) is 78.5 Å². The average molecular weight is 275 g/mol. The number of hydrogen-bond acceptors (Lipinski definition) is 3. The van der Waals surface area contributed by atoms with E-state index in [1.54, 1.807) is 6.20 Å². The third kappa shape index (κ3) is 3.20. The molecule has 1 aromatic heterocycles. The molecule has 104 valence electrons. The Morgan fingerprint density at radius 1 is 0.714 bits per heavy atom. The first-order valence-electron chi connectivity index (χ1n) is 6.93. The van der Waals surface area contributed by atoms with Crippen molar-refractivity contribution in [2.75, 3.05) is 10.6 Å². The van der Waals surface area contributed by atoms with E-state index in [-0.39, 0.29) is 0 Å². The fourth-order valence-electron chi connectivity index (χ4n) is 2.12. The summed E-state index contributed by atoms with van der Waals surface area (Å²) in [6, 6.07) is 22.2. The molecule has 3 heteroatoms. The summed E-state index contributed by atoms with van der Waals surface area (Å²) in [5, 5.41) is 6.77. The quantitative estimate of drug-likeness (QED) is 0.712. The number of nitrogens with one attached hydrogen (secondary N) is 2. The van der Waals surface area contributed by atoms with Gasteiger partial charge >= 0.3 is 0 Å². The van der Waals surface area contributed by atoms with Gasteiger partial charge in [-0.2, -0.15) is 0 Å². The fourth-order valence-corrected chi connectivity index (χ4v) is 2.12. The van der Waals surface area contributed by atoms with Crippen LogP contribution in [0.4, 0.5) is 22.9 Å². The van der Waals surface area contributed by atoms with Crippen LogP contribution in [0.1, 0.15) is 5.56 Å². The molecular weight excluding hydrogens is 258 g/mol. The Hall–Kier alpha value is -2.81. The molecule has 0 aliphatic rings. The number of benzene rings is 2. The van der Waals surface area contributed by atoms with Crippen molar-refractivity contribution < 1.29 is 0 Å². The molecule has 0 saturated heterocycles. The first-order valence-corrected chi connectivity index (χ1v) is 6.93. The maximum absolute atomic E-state index is 4.43. The standard InChI is InChI=1S/C18H17N3/c1-14-8-5-6-11-16(14)21-17-12-7-13-19-18(17)20-15-9-3-2-4-10-15/h2-13,21H,1H3,(H,19,20). The molecule has 0 atom stereocenters. The number of hydrogen-bond donors (Lipinski definition) is 2. The van der Waals surface area contributed by atoms with Crippen molar-refractivity contribution in [3.63, 3.8) is 0 Å². The summed E-state index contributed by atoms with van der Waals surface area (Å²) in [4.78, 5) is 4.43. The van der Waals surface area contributed by atoms with Gasteiger partial charge in [0.25, 0.3) is 0 Å². The number of pyridine rings is 1. The number of nitrogens with zero attached hydrogens (tertiary/aromatic N) is 1. The average Bonchev–Trinajstić information content (AvgIpc) is 2.52. The van der Waals surface area contributed by atoms with E-state index in [9.17, 15) is 0 Å². The molecule has 3 aromatic rings. The van der Waals surface area contributed by atoms with E-state index < -0.39 is 0 Å². The Morgan fingerprint density at radius 2 is 1.43 bits per heavy atom. The van der Waals surface area contributed by atoms with Gasteiger partial charge in [-0.3, -0.25) is 0 Å². The highest BCUT2D eigenvalue weighted by atomic mass is 15.0. The van der Waals surface area contributed by atoms with E-state index >= 15 is 0 Å². The van der Waals surface area contributed by atoms with Gasteiger partial charge in [0.15, 0.2) is 5.82 Å². The highest BCUT2D eigenvalue weighted by Gasteiger charge is 2.05. The van der Waals surface area contributed by atoms with Gasteiger partial charge < -0.3 is 10.6 Å². The van der Waals surface area contributed by atoms with Crippen molar-refractivity contribution in [1.29, 1.82) is 0 Å². The molecule has 0 spiro atoms. The normalized spacial score (nSPS) is 10.1. The second-order valence-electron chi connectivity index (χ2n) is 4.83. The van der Waals surface area contributed by atoms with Crippen LogP contribution in [0.25, 0.3) is 0 Å². The topological polar surface area (TPSA) is 37.0 Å². The van der Waals surface area contributed by atoms with E-state index in [4.69, 9.17) is 0 Å². The Kier molecular flexibility index (Phi) is 3.83. The van der Waals surface area contributed by atoms with Gasteiger partial charge in [-0.15, -0.1) is 0 Å². The van der Waals surface area contributed by atoms with Gasteiger partial charge in [0.2, 0.25) is 0 Å². The van der Waals surface area contributed by atoms with Gasteiger partial charge in [0.05, 0.1) is 5.69 Å². The highest BCUT2D eigenvalue weighted by Crippen LogP contribution is 2.27. The fraction of sp³-hybridized carbons (Fsp3) is 0.0556. The first-order chi connectivity index (χ1) is 10.3. The molecule has 0 aliphatic carbocycles. The molecule has 0 aliphatic heterocycles. The van der Waals surface area contributed by atoms with E-state index in [1.165, 1.54) is 5.56 Å². The zero-order valence-corrected chi connectivity index (χ0v) is 11.9. The lowest BCUT2D eigenvalue weighted by atomic mass is 10.2. The predicted molar refractivity (Wildman–Crippen MR) is 88.4 cm³/mol. The minimum absolute atomic E-state index is 0.812. The van der Waals surface area contributed by atoms with Crippen molar-refractivity contribution >= 4 is 22.9 Å². The summed E-state index contributed by atoms with van der Waals surface area (Å²) in [6.45, 7) is 2.09. The maximum atomic E-state index is 4.43. The molecule has 0 bridgehead atoms. The smallest absolute Gasteiger partial charge is 0.154 e. The third-order valence-corrected chi connectivity index (χ3v) is 3.26. The Morgan fingerprint density at radius 3 is 2.24 bits per heavy atom. The molecule has 2 aromatic carbocycles. The number of para-hydroxylation sites is 2. The monoisotopic (exact) mass is 275 g/mol. The first kappa shape index (κ1) is 13.2. The minimum Gasteiger partial charge on any atom is -0.352 e. The lowest BCUT2D eigenvalue weighted by molar-refractivity contribution is 1.30. The van der Waals surface area contributed by atoms with Gasteiger partial charge in [0.1, 0.15) is 0 Å². The largest absolute Gasteiger partial charge is 0.352 e. The van der Waals surface area contributed by atoms with Crippen LogP contribution in [0.3, 0.4) is 0 Å². The lowest BCUT2D eigenvalue weighted by Gasteiger charge is -2.14. The SMILES string of the molecule is Cc1ccccc1Nc1cccnc1Nc1ccccc1. The molecule has 3 rings (SSSR count). The van der Waals surface area contributed by atoms with Crippen molar-refractivity contribution in [3.8, 4) is 0 Å². The van der Waals surface area contributed by atoms with E-state index in [0.717, 1.165) is 22.9 Å². The molecule has 2 N–H and O–H groups in total. The Balaban J connectivity index is 1.88. The second kappa shape index (κ2) is 6.09. The maximum Gasteiger partial charge on any atom is 0.154 e. The molecule has 0 fully saturated rings. The summed E-state index contributed by atoms with van der Waals surface area (Å²) in [7, 11) is 0. The molecule has 0 radical (unpaired) electrons. The molecule has 21 heavy (non-hydrogen) atoms. The molecule has 0 unspecified atom stereocenters. The van der Waals surface area contributed by atoms with Gasteiger partial charge in [-0.1, -0.05) is 36.4 Å². The van der Waals surface area contributed by atoms with Crippen molar-refractivity contribution in [1.82, 2.24) is 4.98 Å². The van der Waals surface area contributed by atoms with E-state index in [1.807, 2.05) is 54.6 Å². The number of aromatic nitrogens is 1. The number of rotatable bonds is 4. The van der Waals surface area contributed by atoms with Crippen molar-refractivity contribution in [2.45, 2.75) is 6.92 Å². The van der Waals surface area contributed by atoms with Crippen LogP contribution in [-0.4, -0.2) is 4.98 Å². The van der Waals surface area contributed by atoms with Crippen LogP contribution in [0.15, 0.2) is 72.9 Å². The minimum atomic E-state index is 0.812. The molecule has 3 nitrogen and oxygen atoms in total. The molecule has 0 saturated carbocycles. The van der Waals surface area contributed by atoms with Crippen LogP contribution in [0, 0.1) is 6.92 Å². The Bertz CT molecular complexity index is 723. The van der Waals surface area contributed by atoms with Crippen LogP contribution < -0.4 is 10.6 Å². The van der Waals surface area contributed by atoms with E-state index in [2.05, 4.69) is 34.7 Å². The predicted octanol–water partition coefficient (Wildman–Crippen LogP) is 4.88. The van der Waals surface area contributed by atoms with Crippen LogP contribution in [-0.2, 0) is 0 Å². The number of anilines is 4. The number of aryl methyl sites for hydroxylation is 1. The third-order valence-electron chi connectivity index (χ3n) is 3.26. The van der Waals surface area contributed by atoms with Gasteiger partial charge in [0, 0.05) is 17.6 Å². The van der Waals surface area contributed by atoms with Crippen LogP contribution in [0.5, 0.6) is 0 Å². The zero-order chi connectivity index (χ0) is 14.5. The van der Waals surface area contributed by atoms with Crippen LogP contribution in [0.2, 0.25) is 0 Å². The summed E-state index contributed by atoms with van der Waals surface area (Å²) >= 11 is 0. The van der Waals surface area contributed by atoms with E-state index in [0.29, 0.717) is 0 Å². The zero-order valence-electron chi connectivity index (χ0n) is 11.9. The lowest BCUT2D eigenvalue weighted by Crippen LogP contribution is -2.00. The Labute approximate surface area is 124 Å². The molecule has 1 heterocycles. The summed E-state index contributed by atoms with van der Waals surface area (Å²) < 4.78 is 0. The summed E-state index contributed by atoms with van der Waals surface area (Å²) in [5.41, 5.74) is 4.26. The van der Waals surface area contributed by atoms with Crippen molar-refractivity contribution in [2.24, 2.45) is 0 Å². The van der Waals surface area contributed by atoms with Gasteiger partial charge in [-0.05, 0) is 42.8 Å². The van der Waals surface area contributed by atoms with Crippen LogP contribution >= 0.6 is 0 Å². The second-order valence-corrected chi connectivity index (χ2v) is 4.83. The van der Waals surface area contributed by atoms with Gasteiger partial charge in [-0.25, -0.2) is 4.98 Å².